The van der Waals surface area contributed by atoms with E-state index in [0.29, 0.717) is 6.42 Å². The van der Waals surface area contributed by atoms with Crippen molar-refractivity contribution in [2.45, 2.75) is 25.6 Å². The van der Waals surface area contributed by atoms with Gasteiger partial charge in [0.25, 0.3) is 0 Å². The first kappa shape index (κ1) is 8.53. The lowest BCUT2D eigenvalue weighted by atomic mass is 9.70. The van der Waals surface area contributed by atoms with Gasteiger partial charge < -0.3 is 4.74 Å². The minimum absolute atomic E-state index is 0.0487. The summed E-state index contributed by atoms with van der Waals surface area (Å²) in [5.74, 6) is -0.137. The number of methoxy groups -OCH3 is 1. The van der Waals surface area contributed by atoms with Crippen LogP contribution >= 0.6 is 0 Å². The molecule has 0 aliphatic heterocycles. The molecule has 2 nitrogen and oxygen atoms in total. The van der Waals surface area contributed by atoms with Gasteiger partial charge in [-0.15, -0.1) is 0 Å². The highest BCUT2D eigenvalue weighted by Gasteiger charge is 2.15. The smallest absolute Gasteiger partial charge is 0.305 e. The van der Waals surface area contributed by atoms with Crippen LogP contribution in [0.25, 0.3) is 0 Å². The molecule has 0 radical (unpaired) electrons. The first-order valence-corrected chi connectivity index (χ1v) is 3.02. The van der Waals surface area contributed by atoms with Crippen LogP contribution in [-0.2, 0) is 9.53 Å². The van der Waals surface area contributed by atoms with Crippen LogP contribution in [0.2, 0.25) is 5.31 Å². The number of ether oxygens (including phenoxy) is 1. The van der Waals surface area contributed by atoms with E-state index in [9.17, 15) is 4.79 Å². The molecular weight excluding hydrogens is 115 g/mol. The van der Waals surface area contributed by atoms with Gasteiger partial charge in [-0.05, 0) is 0 Å². The Bertz CT molecular complexity index is 104. The van der Waals surface area contributed by atoms with Gasteiger partial charge in [-0.3, -0.25) is 4.79 Å². The molecule has 0 N–H and O–H groups in total. The molecule has 0 aliphatic rings. The summed E-state index contributed by atoms with van der Waals surface area (Å²) in [6, 6.07) is 0. The highest BCUT2D eigenvalue weighted by atomic mass is 16.5. The summed E-state index contributed by atoms with van der Waals surface area (Å²) >= 11 is 0. The largest absolute Gasteiger partial charge is 0.469 e. The summed E-state index contributed by atoms with van der Waals surface area (Å²) in [6.07, 6.45) is 0.490. The fourth-order valence-corrected chi connectivity index (χ4v) is 0.505. The number of esters is 1. The summed E-state index contributed by atoms with van der Waals surface area (Å²) in [5, 5.41) is 0.0487. The molecule has 0 rings (SSSR count). The quantitative estimate of drug-likeness (QED) is 0.397. The molecule has 52 valence electrons. The molecule has 9 heavy (non-hydrogen) atoms. The van der Waals surface area contributed by atoms with E-state index in [0.717, 1.165) is 0 Å². The highest BCUT2D eigenvalue weighted by molar-refractivity contribution is 6.15. The lowest BCUT2D eigenvalue weighted by molar-refractivity contribution is -0.141. The van der Waals surface area contributed by atoms with Crippen LogP contribution in [-0.4, -0.2) is 20.9 Å². The Balaban J connectivity index is 3.60. The Morgan fingerprint density at radius 1 is 1.67 bits per heavy atom. The summed E-state index contributed by atoms with van der Waals surface area (Å²) in [5.41, 5.74) is 0. The van der Waals surface area contributed by atoms with E-state index in [1.54, 1.807) is 0 Å². The SMILES string of the molecule is BC(C)(C)CC(=O)OC. The first-order valence-electron chi connectivity index (χ1n) is 3.02. The third-order valence-corrected chi connectivity index (χ3v) is 0.902. The molecule has 0 aromatic carbocycles. The number of hydrogen-bond donors (Lipinski definition) is 0. The second-order valence-electron chi connectivity index (χ2n) is 3.31. The van der Waals surface area contributed by atoms with Crippen molar-refractivity contribution in [3.05, 3.63) is 0 Å². The molecule has 0 aromatic rings. The summed E-state index contributed by atoms with van der Waals surface area (Å²) in [7, 11) is 3.41. The van der Waals surface area contributed by atoms with Crippen molar-refractivity contribution >= 4 is 13.8 Å². The molecule has 0 saturated carbocycles. The maximum absolute atomic E-state index is 10.6. The van der Waals surface area contributed by atoms with Crippen LogP contribution < -0.4 is 0 Å². The average molecular weight is 128 g/mol. The Kier molecular flexibility index (Phi) is 2.75. The van der Waals surface area contributed by atoms with Gasteiger partial charge in [-0.1, -0.05) is 19.2 Å². The van der Waals surface area contributed by atoms with Gasteiger partial charge >= 0.3 is 5.97 Å². The molecule has 3 heteroatoms. The Morgan fingerprint density at radius 3 is 2.22 bits per heavy atom. The normalized spacial score (nSPS) is 11.0. The van der Waals surface area contributed by atoms with Crippen LogP contribution in [0.4, 0.5) is 0 Å². The van der Waals surface area contributed by atoms with E-state index in [-0.39, 0.29) is 11.3 Å². The molecule has 0 saturated heterocycles. The van der Waals surface area contributed by atoms with Crippen molar-refractivity contribution in [2.24, 2.45) is 0 Å². The third kappa shape index (κ3) is 5.41. The van der Waals surface area contributed by atoms with Gasteiger partial charge in [0.15, 0.2) is 0 Å². The van der Waals surface area contributed by atoms with E-state index in [2.05, 4.69) is 4.74 Å². The minimum atomic E-state index is -0.137. The van der Waals surface area contributed by atoms with Gasteiger partial charge in [-0.25, -0.2) is 0 Å². The van der Waals surface area contributed by atoms with Crippen molar-refractivity contribution in [1.29, 1.82) is 0 Å². The summed E-state index contributed by atoms with van der Waals surface area (Å²) in [6.45, 7) is 4.01. The van der Waals surface area contributed by atoms with Crippen molar-refractivity contribution in [1.82, 2.24) is 0 Å². The zero-order valence-corrected chi connectivity index (χ0v) is 6.52. The van der Waals surface area contributed by atoms with E-state index in [1.807, 2.05) is 21.7 Å². The summed E-state index contributed by atoms with van der Waals surface area (Å²) < 4.78 is 4.49. The zero-order chi connectivity index (χ0) is 7.49. The Morgan fingerprint density at radius 2 is 2.11 bits per heavy atom. The highest BCUT2D eigenvalue weighted by Crippen LogP contribution is 2.23. The van der Waals surface area contributed by atoms with Crippen molar-refractivity contribution in [3.8, 4) is 0 Å². The van der Waals surface area contributed by atoms with E-state index >= 15 is 0 Å². The van der Waals surface area contributed by atoms with Crippen LogP contribution in [0.1, 0.15) is 20.3 Å². The van der Waals surface area contributed by atoms with Gasteiger partial charge in [-0.2, -0.15) is 0 Å². The van der Waals surface area contributed by atoms with Crippen LogP contribution in [0.5, 0.6) is 0 Å². The lowest BCUT2D eigenvalue weighted by Gasteiger charge is -2.14. The molecular formula is C6H13BO2. The number of carbonyl (C=O) groups excluding carboxylic acids is 1. The molecule has 0 spiro atoms. The van der Waals surface area contributed by atoms with E-state index in [4.69, 9.17) is 0 Å². The van der Waals surface area contributed by atoms with Crippen molar-refractivity contribution in [3.63, 3.8) is 0 Å². The fourth-order valence-electron chi connectivity index (χ4n) is 0.505. The van der Waals surface area contributed by atoms with E-state index in [1.165, 1.54) is 7.11 Å². The molecule has 0 bridgehead atoms. The van der Waals surface area contributed by atoms with Crippen molar-refractivity contribution in [2.75, 3.05) is 7.11 Å². The molecule has 0 aliphatic carbocycles. The second kappa shape index (κ2) is 2.90. The molecule has 0 fully saturated rings. The van der Waals surface area contributed by atoms with Gasteiger partial charge in [0.1, 0.15) is 7.85 Å². The predicted molar refractivity (Wildman–Crippen MR) is 39.2 cm³/mol. The second-order valence-corrected chi connectivity index (χ2v) is 3.31. The Labute approximate surface area is 57.0 Å². The van der Waals surface area contributed by atoms with Gasteiger partial charge in [0.2, 0.25) is 0 Å². The monoisotopic (exact) mass is 128 g/mol. The molecule has 0 heterocycles. The predicted octanol–water partition coefficient (Wildman–Crippen LogP) is 0.381. The van der Waals surface area contributed by atoms with Crippen LogP contribution in [0.15, 0.2) is 0 Å². The lowest BCUT2D eigenvalue weighted by Crippen LogP contribution is -2.11. The standard InChI is InChI=1S/C6H13BO2/c1-6(2,7)4-5(8)9-3/h4,7H2,1-3H3. The maximum Gasteiger partial charge on any atom is 0.305 e. The first-order chi connectivity index (χ1) is 3.95. The molecule has 0 aromatic heterocycles. The summed E-state index contributed by atoms with van der Waals surface area (Å²) in [4.78, 5) is 10.6. The number of hydrogen-bond acceptors (Lipinski definition) is 2. The molecule has 0 amide bonds. The van der Waals surface area contributed by atoms with E-state index < -0.39 is 0 Å². The maximum atomic E-state index is 10.6. The Hall–Kier alpha value is -0.465. The minimum Gasteiger partial charge on any atom is -0.469 e. The molecule has 0 unspecified atom stereocenters. The van der Waals surface area contributed by atoms with Gasteiger partial charge in [0, 0.05) is 6.42 Å². The third-order valence-electron chi connectivity index (χ3n) is 0.902. The number of rotatable bonds is 2. The van der Waals surface area contributed by atoms with Gasteiger partial charge in [0.05, 0.1) is 7.11 Å². The zero-order valence-electron chi connectivity index (χ0n) is 6.52. The average Bonchev–Trinajstić information content (AvgIpc) is 1.62. The molecule has 0 atom stereocenters. The van der Waals surface area contributed by atoms with Crippen LogP contribution in [0, 0.1) is 0 Å². The van der Waals surface area contributed by atoms with Crippen molar-refractivity contribution < 1.29 is 9.53 Å². The van der Waals surface area contributed by atoms with Crippen LogP contribution in [0.3, 0.4) is 0 Å². The fraction of sp³-hybridized carbons (Fsp3) is 0.833. The topological polar surface area (TPSA) is 26.3 Å². The number of carbonyl (C=O) groups is 1.